The van der Waals surface area contributed by atoms with Crippen molar-refractivity contribution in [1.82, 2.24) is 10.7 Å². The molecule has 0 unspecified atom stereocenters. The third-order valence-corrected chi connectivity index (χ3v) is 5.43. The highest BCUT2D eigenvalue weighted by Crippen LogP contribution is 2.20. The summed E-state index contributed by atoms with van der Waals surface area (Å²) in [6.07, 6.45) is 0.296. The van der Waals surface area contributed by atoms with Crippen molar-refractivity contribution in [3.05, 3.63) is 95.1 Å². The van der Waals surface area contributed by atoms with Gasteiger partial charge in [0.25, 0.3) is 11.8 Å². The lowest BCUT2D eigenvalue weighted by atomic mass is 10.1. The molecule has 1 aliphatic rings. The number of aryl methyl sites for hydroxylation is 1. The van der Waals surface area contributed by atoms with Crippen LogP contribution in [0.3, 0.4) is 0 Å². The highest BCUT2D eigenvalue weighted by molar-refractivity contribution is 6.09. The zero-order valence-corrected chi connectivity index (χ0v) is 18.6. The van der Waals surface area contributed by atoms with Gasteiger partial charge in [0, 0.05) is 24.9 Å². The van der Waals surface area contributed by atoms with Crippen LogP contribution in [0.25, 0.3) is 0 Å². The summed E-state index contributed by atoms with van der Waals surface area (Å²) in [7, 11) is 0. The van der Waals surface area contributed by atoms with Gasteiger partial charge in [-0.25, -0.2) is 5.01 Å². The molecule has 4 amide bonds. The fraction of sp³-hybridized carbons (Fsp3) is 0.154. The third-order valence-electron chi connectivity index (χ3n) is 5.43. The van der Waals surface area contributed by atoms with E-state index in [0.29, 0.717) is 29.0 Å². The van der Waals surface area contributed by atoms with E-state index in [-0.39, 0.29) is 30.6 Å². The zero-order chi connectivity index (χ0) is 24.1. The summed E-state index contributed by atoms with van der Waals surface area (Å²) in [5.41, 5.74) is 6.17. The van der Waals surface area contributed by atoms with Crippen LogP contribution in [0.5, 0.6) is 0 Å². The molecule has 1 heterocycles. The molecule has 0 bridgehead atoms. The monoisotopic (exact) mass is 456 g/mol. The Bertz CT molecular complexity index is 1240. The lowest BCUT2D eigenvalue weighted by Crippen LogP contribution is -2.50. The van der Waals surface area contributed by atoms with E-state index in [9.17, 15) is 19.2 Å². The number of carbonyl (C=O) groups is 4. The molecule has 3 aromatic carbocycles. The van der Waals surface area contributed by atoms with E-state index in [2.05, 4.69) is 16.1 Å². The average molecular weight is 457 g/mol. The van der Waals surface area contributed by atoms with Gasteiger partial charge in [0.05, 0.1) is 16.9 Å². The minimum Gasteiger partial charge on any atom is -0.348 e. The van der Waals surface area contributed by atoms with Crippen molar-refractivity contribution < 1.29 is 19.2 Å². The maximum Gasteiger partial charge on any atom is 0.255 e. The normalized spacial score (nSPS) is 13.3. The fourth-order valence-electron chi connectivity index (χ4n) is 3.51. The first-order valence-corrected chi connectivity index (χ1v) is 10.9. The number of nitrogens with zero attached hydrogens (tertiary/aromatic N) is 1. The molecular weight excluding hydrogens is 432 g/mol. The summed E-state index contributed by atoms with van der Waals surface area (Å²) in [6, 6.07) is 20.9. The predicted molar refractivity (Wildman–Crippen MR) is 128 cm³/mol. The number of rotatable bonds is 6. The second kappa shape index (κ2) is 9.99. The molecule has 1 fully saturated rings. The molecule has 1 aliphatic heterocycles. The summed E-state index contributed by atoms with van der Waals surface area (Å²) in [6.45, 7) is 2.37. The van der Waals surface area contributed by atoms with Crippen molar-refractivity contribution in [2.45, 2.75) is 26.3 Å². The van der Waals surface area contributed by atoms with E-state index < -0.39 is 5.91 Å². The number of amides is 4. The van der Waals surface area contributed by atoms with E-state index in [1.165, 1.54) is 5.01 Å². The highest BCUT2D eigenvalue weighted by atomic mass is 16.2. The maximum absolute atomic E-state index is 12.8. The van der Waals surface area contributed by atoms with Crippen LogP contribution < -0.4 is 21.1 Å². The zero-order valence-electron chi connectivity index (χ0n) is 18.6. The molecule has 0 aromatic heterocycles. The van der Waals surface area contributed by atoms with Crippen LogP contribution in [0.4, 0.5) is 11.4 Å². The fourth-order valence-corrected chi connectivity index (χ4v) is 3.51. The number of para-hydroxylation sites is 1. The Balaban J connectivity index is 1.43. The van der Waals surface area contributed by atoms with Gasteiger partial charge in [0.1, 0.15) is 0 Å². The van der Waals surface area contributed by atoms with Crippen LogP contribution in [0.1, 0.15) is 44.7 Å². The van der Waals surface area contributed by atoms with Crippen LogP contribution in [0.2, 0.25) is 0 Å². The van der Waals surface area contributed by atoms with Crippen molar-refractivity contribution in [1.29, 1.82) is 0 Å². The predicted octanol–water partition coefficient (Wildman–Crippen LogP) is 3.34. The Kier molecular flexibility index (Phi) is 6.68. The average Bonchev–Trinajstić information content (AvgIpc) is 2.85. The third kappa shape index (κ3) is 5.29. The molecule has 172 valence electrons. The van der Waals surface area contributed by atoms with Crippen LogP contribution >= 0.6 is 0 Å². The molecule has 0 radical (unpaired) electrons. The minimum atomic E-state index is -0.403. The first kappa shape index (κ1) is 22.7. The Morgan fingerprint density at radius 3 is 2.32 bits per heavy atom. The molecule has 0 atom stereocenters. The lowest BCUT2D eigenvalue weighted by molar-refractivity contribution is -0.130. The van der Waals surface area contributed by atoms with Crippen LogP contribution in [0.15, 0.2) is 72.8 Å². The molecule has 4 rings (SSSR count). The lowest BCUT2D eigenvalue weighted by Gasteiger charge is -2.27. The van der Waals surface area contributed by atoms with Gasteiger partial charge < -0.3 is 10.6 Å². The molecule has 0 saturated carbocycles. The number of nitrogens with one attached hydrogen (secondary N) is 3. The quantitative estimate of drug-likeness (QED) is 0.529. The SMILES string of the molecule is Cc1ccc(CNC(=O)c2ccccc2NC(=O)c2ccc(N3NC(=O)CCC3=O)cc2)cc1. The van der Waals surface area contributed by atoms with E-state index in [0.717, 1.165) is 11.1 Å². The molecule has 1 saturated heterocycles. The van der Waals surface area contributed by atoms with Crippen molar-refractivity contribution in [2.75, 3.05) is 10.3 Å². The molecule has 34 heavy (non-hydrogen) atoms. The Hall–Kier alpha value is -4.46. The molecule has 3 N–H and O–H groups in total. The minimum absolute atomic E-state index is 0.136. The Labute approximate surface area is 196 Å². The summed E-state index contributed by atoms with van der Waals surface area (Å²) in [5.74, 6) is -1.16. The maximum atomic E-state index is 12.8. The topological polar surface area (TPSA) is 108 Å². The van der Waals surface area contributed by atoms with E-state index in [1.807, 2.05) is 31.2 Å². The summed E-state index contributed by atoms with van der Waals surface area (Å²) >= 11 is 0. The van der Waals surface area contributed by atoms with Crippen molar-refractivity contribution in [3.8, 4) is 0 Å². The van der Waals surface area contributed by atoms with Gasteiger partial charge in [0.15, 0.2) is 0 Å². The van der Waals surface area contributed by atoms with Gasteiger partial charge in [-0.3, -0.25) is 24.6 Å². The van der Waals surface area contributed by atoms with Crippen molar-refractivity contribution in [3.63, 3.8) is 0 Å². The largest absolute Gasteiger partial charge is 0.348 e. The molecule has 0 spiro atoms. The number of carbonyl (C=O) groups excluding carboxylic acids is 4. The molecule has 3 aromatic rings. The molecular formula is C26H24N4O4. The highest BCUT2D eigenvalue weighted by Gasteiger charge is 2.24. The second-order valence-corrected chi connectivity index (χ2v) is 7.98. The van der Waals surface area contributed by atoms with E-state index in [4.69, 9.17) is 0 Å². The van der Waals surface area contributed by atoms with Crippen LogP contribution in [-0.2, 0) is 16.1 Å². The van der Waals surface area contributed by atoms with Crippen LogP contribution in [0, 0.1) is 6.92 Å². The summed E-state index contributed by atoms with van der Waals surface area (Å²) in [5, 5.41) is 6.84. The van der Waals surface area contributed by atoms with E-state index >= 15 is 0 Å². The number of hydrazine groups is 1. The number of hydrogen-bond acceptors (Lipinski definition) is 4. The number of hydrogen-bond donors (Lipinski definition) is 3. The van der Waals surface area contributed by atoms with Gasteiger partial charge in [-0.05, 0) is 48.9 Å². The number of anilines is 2. The second-order valence-electron chi connectivity index (χ2n) is 7.98. The van der Waals surface area contributed by atoms with Crippen molar-refractivity contribution in [2.24, 2.45) is 0 Å². The van der Waals surface area contributed by atoms with Gasteiger partial charge in [0.2, 0.25) is 11.8 Å². The molecule has 8 nitrogen and oxygen atoms in total. The molecule has 8 heteroatoms. The first-order valence-electron chi connectivity index (χ1n) is 10.9. The van der Waals surface area contributed by atoms with Gasteiger partial charge >= 0.3 is 0 Å². The first-order chi connectivity index (χ1) is 16.4. The van der Waals surface area contributed by atoms with Gasteiger partial charge in [-0.1, -0.05) is 42.0 Å². The van der Waals surface area contributed by atoms with Gasteiger partial charge in [-0.15, -0.1) is 0 Å². The van der Waals surface area contributed by atoms with Gasteiger partial charge in [-0.2, -0.15) is 0 Å². The van der Waals surface area contributed by atoms with Crippen molar-refractivity contribution >= 4 is 35.0 Å². The standard InChI is InChI=1S/C26H24N4O4/c1-17-6-8-18(9-7-17)16-27-26(34)21-4-2-3-5-22(21)28-25(33)19-10-12-20(13-11-19)30-24(32)15-14-23(31)29-30/h2-13H,14-16H2,1H3,(H,27,34)(H,28,33)(H,29,31). The van der Waals surface area contributed by atoms with E-state index in [1.54, 1.807) is 48.5 Å². The number of benzene rings is 3. The Morgan fingerprint density at radius 2 is 1.59 bits per heavy atom. The molecule has 0 aliphatic carbocycles. The Morgan fingerprint density at radius 1 is 0.882 bits per heavy atom. The summed E-state index contributed by atoms with van der Waals surface area (Å²) in [4.78, 5) is 49.2. The summed E-state index contributed by atoms with van der Waals surface area (Å²) < 4.78 is 0. The smallest absolute Gasteiger partial charge is 0.255 e. The van der Waals surface area contributed by atoms with Crippen LogP contribution in [-0.4, -0.2) is 23.6 Å².